The molecule has 0 bridgehead atoms. The Morgan fingerprint density at radius 1 is 1.04 bits per heavy atom. The van der Waals surface area contributed by atoms with Gasteiger partial charge in [-0.3, -0.25) is 9.59 Å². The average Bonchev–Trinajstić information content (AvgIpc) is 3.31. The van der Waals surface area contributed by atoms with E-state index in [4.69, 9.17) is 0 Å². The highest BCUT2D eigenvalue weighted by Crippen LogP contribution is 2.51. The summed E-state index contributed by atoms with van der Waals surface area (Å²) >= 11 is 0. The summed E-state index contributed by atoms with van der Waals surface area (Å²) in [6.45, 7) is 0.595. The first-order valence-electron chi connectivity index (χ1n) is 9.98. The number of hydrogen-bond acceptors (Lipinski definition) is 2. The zero-order chi connectivity index (χ0) is 18.1. The molecule has 3 aliphatic rings. The van der Waals surface area contributed by atoms with Crippen molar-refractivity contribution in [3.05, 3.63) is 35.6 Å². The zero-order valence-corrected chi connectivity index (χ0v) is 15.2. The molecule has 1 unspecified atom stereocenters. The van der Waals surface area contributed by atoms with E-state index in [0.717, 1.165) is 32.1 Å². The first-order valence-corrected chi connectivity index (χ1v) is 9.98. The molecule has 4 rings (SSSR count). The van der Waals surface area contributed by atoms with Crippen LogP contribution in [0.15, 0.2) is 24.3 Å². The molecule has 2 aliphatic carbocycles. The molecule has 26 heavy (non-hydrogen) atoms. The summed E-state index contributed by atoms with van der Waals surface area (Å²) in [6.07, 6.45) is 8.51. The number of benzene rings is 1. The van der Waals surface area contributed by atoms with Gasteiger partial charge in [0.25, 0.3) is 0 Å². The van der Waals surface area contributed by atoms with Gasteiger partial charge in [0.05, 0.1) is 5.41 Å². The molecule has 0 aromatic heterocycles. The Bertz CT molecular complexity index is 695. The first kappa shape index (κ1) is 17.5. The fraction of sp³-hybridized carbons (Fsp3) is 0.619. The minimum atomic E-state index is -0.751. The maximum absolute atomic E-state index is 14.3. The Balaban J connectivity index is 1.48. The lowest BCUT2D eigenvalue weighted by Gasteiger charge is -2.31. The molecule has 1 aromatic carbocycles. The molecule has 1 saturated heterocycles. The van der Waals surface area contributed by atoms with E-state index in [1.807, 2.05) is 0 Å². The number of amides is 2. The van der Waals surface area contributed by atoms with E-state index >= 15 is 0 Å². The largest absolute Gasteiger partial charge is 0.352 e. The molecule has 1 aliphatic heterocycles. The third-order valence-electron chi connectivity index (χ3n) is 6.32. The van der Waals surface area contributed by atoms with Crippen LogP contribution in [0.25, 0.3) is 0 Å². The van der Waals surface area contributed by atoms with Gasteiger partial charge in [-0.05, 0) is 44.6 Å². The van der Waals surface area contributed by atoms with Gasteiger partial charge in [0.1, 0.15) is 11.9 Å². The average molecular weight is 358 g/mol. The molecule has 0 radical (unpaired) electrons. The summed E-state index contributed by atoms with van der Waals surface area (Å²) in [6, 6.07) is 6.41. The van der Waals surface area contributed by atoms with Crippen LogP contribution in [0.5, 0.6) is 0 Å². The molecule has 4 nitrogen and oxygen atoms in total. The highest BCUT2D eigenvalue weighted by Gasteiger charge is 2.56. The Labute approximate surface area is 154 Å². The maximum atomic E-state index is 14.3. The van der Waals surface area contributed by atoms with Gasteiger partial charge in [-0.25, -0.2) is 4.39 Å². The Kier molecular flexibility index (Phi) is 4.72. The van der Waals surface area contributed by atoms with Gasteiger partial charge in [-0.2, -0.15) is 0 Å². The fourth-order valence-electron chi connectivity index (χ4n) is 4.67. The van der Waals surface area contributed by atoms with Crippen LogP contribution in [-0.2, 0) is 15.0 Å². The van der Waals surface area contributed by atoms with Crippen LogP contribution in [0.2, 0.25) is 0 Å². The highest BCUT2D eigenvalue weighted by atomic mass is 19.1. The Hall–Kier alpha value is -1.91. The molecule has 1 atom stereocenters. The molecule has 5 heteroatoms. The number of carbonyl (C=O) groups is 2. The van der Waals surface area contributed by atoms with Crippen LogP contribution < -0.4 is 5.32 Å². The zero-order valence-electron chi connectivity index (χ0n) is 15.2. The van der Waals surface area contributed by atoms with Crippen molar-refractivity contribution >= 4 is 11.8 Å². The molecule has 0 spiro atoms. The van der Waals surface area contributed by atoms with E-state index in [2.05, 4.69) is 5.32 Å². The standard InChI is InChI=1S/C21H27FN2O2/c22-17-10-5-4-9-16(17)21(12-13-21)20(26)24-14-6-11-18(24)19(25)23-15-7-2-1-3-8-15/h4-5,9-10,15,18H,1-3,6-8,11-14H2,(H,23,25). The fourth-order valence-corrected chi connectivity index (χ4v) is 4.67. The highest BCUT2D eigenvalue weighted by molar-refractivity contribution is 5.95. The molecule has 1 heterocycles. The van der Waals surface area contributed by atoms with Gasteiger partial charge in [0.2, 0.25) is 11.8 Å². The SMILES string of the molecule is O=C(NC1CCCCC1)C1CCCN1C(=O)C1(c2ccccc2F)CC1. The Morgan fingerprint density at radius 3 is 2.46 bits per heavy atom. The van der Waals surface area contributed by atoms with E-state index < -0.39 is 11.5 Å². The van der Waals surface area contributed by atoms with Crippen molar-refractivity contribution < 1.29 is 14.0 Å². The summed E-state index contributed by atoms with van der Waals surface area (Å²) in [5.74, 6) is -0.406. The van der Waals surface area contributed by atoms with Crippen molar-refractivity contribution in [2.75, 3.05) is 6.54 Å². The number of rotatable bonds is 4. The predicted molar refractivity (Wildman–Crippen MR) is 97.1 cm³/mol. The van der Waals surface area contributed by atoms with Gasteiger partial charge in [0.15, 0.2) is 0 Å². The third-order valence-corrected chi connectivity index (χ3v) is 6.32. The maximum Gasteiger partial charge on any atom is 0.243 e. The lowest BCUT2D eigenvalue weighted by Crippen LogP contribution is -2.51. The van der Waals surface area contributed by atoms with Crippen LogP contribution >= 0.6 is 0 Å². The molecule has 1 aromatic rings. The topological polar surface area (TPSA) is 49.4 Å². The molecule has 1 N–H and O–H groups in total. The third kappa shape index (κ3) is 3.12. The van der Waals surface area contributed by atoms with Gasteiger partial charge in [-0.15, -0.1) is 0 Å². The minimum absolute atomic E-state index is 0.0212. The predicted octanol–water partition coefficient (Wildman–Crippen LogP) is 3.30. The van der Waals surface area contributed by atoms with Gasteiger partial charge >= 0.3 is 0 Å². The second kappa shape index (κ2) is 7.01. The van der Waals surface area contributed by atoms with E-state index in [-0.39, 0.29) is 23.7 Å². The summed E-state index contributed by atoms with van der Waals surface area (Å²) in [5, 5.41) is 3.16. The van der Waals surface area contributed by atoms with Gasteiger partial charge in [0, 0.05) is 18.2 Å². The van der Waals surface area contributed by atoms with E-state index in [1.54, 1.807) is 23.1 Å². The summed E-state index contributed by atoms with van der Waals surface area (Å²) in [4.78, 5) is 27.8. The molecule has 140 valence electrons. The number of halogens is 1. The quantitative estimate of drug-likeness (QED) is 0.898. The van der Waals surface area contributed by atoms with Crippen molar-refractivity contribution in [2.45, 2.75) is 75.3 Å². The summed E-state index contributed by atoms with van der Waals surface area (Å²) < 4.78 is 14.3. The van der Waals surface area contributed by atoms with Crippen molar-refractivity contribution in [2.24, 2.45) is 0 Å². The van der Waals surface area contributed by atoms with Crippen molar-refractivity contribution in [3.63, 3.8) is 0 Å². The van der Waals surface area contributed by atoms with Crippen molar-refractivity contribution in [3.8, 4) is 0 Å². The lowest BCUT2D eigenvalue weighted by molar-refractivity contribution is -0.140. The number of nitrogens with zero attached hydrogens (tertiary/aromatic N) is 1. The number of carbonyl (C=O) groups excluding carboxylic acids is 2. The van der Waals surface area contributed by atoms with Crippen molar-refractivity contribution in [1.82, 2.24) is 10.2 Å². The van der Waals surface area contributed by atoms with Gasteiger partial charge < -0.3 is 10.2 Å². The lowest BCUT2D eigenvalue weighted by atomic mass is 9.93. The monoisotopic (exact) mass is 358 g/mol. The molecule has 3 fully saturated rings. The number of likely N-dealkylation sites (tertiary alicyclic amines) is 1. The van der Waals surface area contributed by atoms with Crippen LogP contribution in [0.4, 0.5) is 4.39 Å². The van der Waals surface area contributed by atoms with E-state index in [1.165, 1.54) is 12.5 Å². The van der Waals surface area contributed by atoms with Gasteiger partial charge in [-0.1, -0.05) is 37.5 Å². The number of hydrogen-bond donors (Lipinski definition) is 1. The summed E-state index contributed by atoms with van der Waals surface area (Å²) in [5.41, 5.74) is -0.262. The number of nitrogens with one attached hydrogen (secondary N) is 1. The minimum Gasteiger partial charge on any atom is -0.352 e. The van der Waals surface area contributed by atoms with Crippen LogP contribution in [0.3, 0.4) is 0 Å². The second-order valence-electron chi connectivity index (χ2n) is 8.06. The van der Waals surface area contributed by atoms with E-state index in [9.17, 15) is 14.0 Å². The van der Waals surface area contributed by atoms with Crippen LogP contribution in [0, 0.1) is 5.82 Å². The molecule has 2 amide bonds. The smallest absolute Gasteiger partial charge is 0.243 e. The summed E-state index contributed by atoms with van der Waals surface area (Å²) in [7, 11) is 0. The van der Waals surface area contributed by atoms with E-state index in [0.29, 0.717) is 31.4 Å². The van der Waals surface area contributed by atoms with Crippen LogP contribution in [-0.4, -0.2) is 35.3 Å². The Morgan fingerprint density at radius 2 is 1.77 bits per heavy atom. The molecule has 2 saturated carbocycles. The second-order valence-corrected chi connectivity index (χ2v) is 8.06. The van der Waals surface area contributed by atoms with Crippen LogP contribution in [0.1, 0.15) is 63.4 Å². The molecular weight excluding hydrogens is 331 g/mol. The first-order chi connectivity index (χ1) is 12.6. The normalized spacial score (nSPS) is 25.1. The van der Waals surface area contributed by atoms with Crippen molar-refractivity contribution in [1.29, 1.82) is 0 Å². The molecular formula is C21H27FN2O2.